The van der Waals surface area contributed by atoms with Gasteiger partial charge in [0.25, 0.3) is 0 Å². The van der Waals surface area contributed by atoms with Crippen LogP contribution in [0.5, 0.6) is 0 Å². The van der Waals surface area contributed by atoms with Gasteiger partial charge in [-0.25, -0.2) is 0 Å². The van der Waals surface area contributed by atoms with Crippen LogP contribution in [0.15, 0.2) is 6.58 Å². The maximum Gasteiger partial charge on any atom is 2.00 e. The summed E-state index contributed by atoms with van der Waals surface area (Å²) in [6, 6.07) is 0. The first-order valence-corrected chi connectivity index (χ1v) is 0.996. The maximum atomic E-state index is 9.12. The predicted octanol–water partition coefficient (Wildman–Crippen LogP) is -7.04. The molecule has 0 saturated carbocycles. The Balaban J connectivity index is -0.0000000150. The third kappa shape index (κ3) is 35.8. The van der Waals surface area contributed by atoms with Crippen LogP contribution in [-0.4, -0.2) is 29.7 Å². The quantitative estimate of drug-likeness (QED) is 0.281. The molecule has 0 amide bonds. The van der Waals surface area contributed by atoms with E-state index < -0.39 is 0 Å². The molecule has 0 aliphatic rings. The fourth-order valence-electron chi connectivity index (χ4n) is 0. The minimum absolute atomic E-state index is 0. The minimum Gasteiger partial charge on any atom is -1.00 e. The van der Waals surface area contributed by atoms with Gasteiger partial charge < -0.3 is 28.2 Å². The van der Waals surface area contributed by atoms with Crippen molar-refractivity contribution in [2.45, 2.75) is 0 Å². The van der Waals surface area contributed by atoms with Crippen molar-refractivity contribution < 1.29 is 40.9 Å². The van der Waals surface area contributed by atoms with Gasteiger partial charge in [0, 0.05) is 0 Å². The largest absolute Gasteiger partial charge is 2.00 e. The molecule has 0 aromatic rings. The van der Waals surface area contributed by atoms with Crippen molar-refractivity contribution in [2.24, 2.45) is 0 Å². The molecule has 1 nitrogen and oxygen atoms in total. The molecule has 32 valence electrons. The van der Waals surface area contributed by atoms with E-state index in [2.05, 4.69) is 12.7 Å². The van der Waals surface area contributed by atoms with E-state index in [0.29, 0.717) is 0 Å². The van der Waals surface area contributed by atoms with Gasteiger partial charge in [0.2, 0.25) is 0 Å². The van der Waals surface area contributed by atoms with E-state index in [1.54, 1.807) is 0 Å². The van der Waals surface area contributed by atoms with Crippen LogP contribution in [0.25, 0.3) is 0 Å². The van der Waals surface area contributed by atoms with Crippen molar-refractivity contribution >= 4 is 23.1 Å². The van der Waals surface area contributed by atoms with Crippen molar-refractivity contribution in [3.05, 3.63) is 12.7 Å². The van der Waals surface area contributed by atoms with E-state index in [1.165, 1.54) is 0 Å². The molecule has 0 heterocycles. The Hall–Kier alpha value is 1.54. The Kier molecular flexibility index (Phi) is 86.5. The van der Waals surface area contributed by atoms with Crippen LogP contribution in [-0.2, 0) is 0 Å². The SMILES string of the molecule is C=[C-]C[O-].[Br-].[Li+].[Mg+2]. The van der Waals surface area contributed by atoms with Gasteiger partial charge in [-0.3, -0.25) is 13.2 Å². The zero-order valence-corrected chi connectivity index (χ0v) is 7.41. The Labute approximate surface area is 82.7 Å². The third-order valence-corrected chi connectivity index (χ3v) is 0.102. The van der Waals surface area contributed by atoms with Crippen LogP contribution in [0.4, 0.5) is 0 Å². The molecule has 0 bridgehead atoms. The van der Waals surface area contributed by atoms with E-state index in [1.807, 2.05) is 0 Å². The monoisotopic (exact) mass is 166 g/mol. The molecule has 0 radical (unpaired) electrons. The molecule has 0 aliphatic carbocycles. The van der Waals surface area contributed by atoms with Crippen LogP contribution in [0.1, 0.15) is 0 Å². The van der Waals surface area contributed by atoms with Crippen molar-refractivity contribution in [2.75, 3.05) is 6.61 Å². The second-order valence-corrected chi connectivity index (χ2v) is 0.394. The van der Waals surface area contributed by atoms with Crippen LogP contribution >= 0.6 is 0 Å². The van der Waals surface area contributed by atoms with E-state index in [-0.39, 0.29) is 65.5 Å². The van der Waals surface area contributed by atoms with Gasteiger partial charge in [-0.15, -0.1) is 0 Å². The molecule has 0 saturated heterocycles. The van der Waals surface area contributed by atoms with Crippen molar-refractivity contribution in [1.82, 2.24) is 0 Å². The van der Waals surface area contributed by atoms with Gasteiger partial charge >= 0.3 is 41.9 Å². The van der Waals surface area contributed by atoms with Crippen molar-refractivity contribution in [1.29, 1.82) is 0 Å². The molecule has 0 unspecified atom stereocenters. The Morgan fingerprint density at radius 3 is 1.71 bits per heavy atom. The summed E-state index contributed by atoms with van der Waals surface area (Å²) in [5.41, 5.74) is 0. The summed E-state index contributed by atoms with van der Waals surface area (Å²) in [7, 11) is 0. The second kappa shape index (κ2) is 25.7. The molecule has 0 N–H and O–H groups in total. The maximum absolute atomic E-state index is 9.12. The minimum atomic E-state index is -0.292. The smallest absolute Gasteiger partial charge is 1.00 e. The second-order valence-electron chi connectivity index (χ2n) is 0.394. The average molecular weight is 167 g/mol. The molecule has 0 aliphatic heterocycles. The first-order chi connectivity index (χ1) is 1.91. The molecule has 7 heavy (non-hydrogen) atoms. The summed E-state index contributed by atoms with van der Waals surface area (Å²) in [5.74, 6) is 0. The average Bonchev–Trinajstić information content (AvgIpc) is 1.37. The van der Waals surface area contributed by atoms with E-state index in [4.69, 9.17) is 5.11 Å². The van der Waals surface area contributed by atoms with E-state index in [0.717, 1.165) is 0 Å². The van der Waals surface area contributed by atoms with Gasteiger partial charge in [-0.2, -0.15) is 0 Å². The Morgan fingerprint density at radius 1 is 1.57 bits per heavy atom. The zero-order chi connectivity index (χ0) is 3.41. The number of hydrogen-bond acceptors (Lipinski definition) is 1. The standard InChI is InChI=1S/C3H4O.BrH.Li.Mg/c1-2-3-4;;;/h1,3H2;1H;;/q-2;;+1;+2/p-1. The van der Waals surface area contributed by atoms with Gasteiger partial charge in [0.15, 0.2) is 0 Å². The van der Waals surface area contributed by atoms with Crippen LogP contribution in [0.2, 0.25) is 0 Å². The zero-order valence-electron chi connectivity index (χ0n) is 4.41. The van der Waals surface area contributed by atoms with E-state index >= 15 is 0 Å². The summed E-state index contributed by atoms with van der Waals surface area (Å²) < 4.78 is 0. The van der Waals surface area contributed by atoms with Crippen molar-refractivity contribution in [3.8, 4) is 0 Å². The molecule has 0 fully saturated rings. The molecule has 0 rings (SSSR count). The Bertz CT molecular complexity index is 28.9. The Morgan fingerprint density at radius 2 is 1.71 bits per heavy atom. The summed E-state index contributed by atoms with van der Waals surface area (Å²) >= 11 is 0. The molecular weight excluding hydrogens is 163 g/mol. The van der Waals surface area contributed by atoms with E-state index in [9.17, 15) is 0 Å². The summed E-state index contributed by atoms with van der Waals surface area (Å²) in [5, 5.41) is 9.12. The van der Waals surface area contributed by atoms with Gasteiger partial charge in [0.1, 0.15) is 0 Å². The first-order valence-electron chi connectivity index (χ1n) is 0.996. The number of halogens is 1. The normalized spacial score (nSPS) is 3.57. The van der Waals surface area contributed by atoms with Crippen LogP contribution in [0, 0.1) is 6.08 Å². The number of rotatable bonds is 1. The fourth-order valence-corrected chi connectivity index (χ4v) is 0. The predicted molar refractivity (Wildman–Crippen MR) is 19.5 cm³/mol. The molecule has 4 heteroatoms. The molecule has 0 aromatic carbocycles. The third-order valence-electron chi connectivity index (χ3n) is 0.102. The van der Waals surface area contributed by atoms with Crippen molar-refractivity contribution in [3.63, 3.8) is 0 Å². The van der Waals surface area contributed by atoms with Gasteiger partial charge in [0.05, 0.1) is 0 Å². The first kappa shape index (κ1) is 23.6. The molecular formula is C3H4BrLiMgO. The molecule has 0 spiro atoms. The summed E-state index contributed by atoms with van der Waals surface area (Å²) in [4.78, 5) is 0. The van der Waals surface area contributed by atoms with Crippen LogP contribution < -0.4 is 40.9 Å². The van der Waals surface area contributed by atoms with Gasteiger partial charge in [-0.1, -0.05) is 0 Å². The molecule has 0 atom stereocenters. The number of hydrogen-bond donors (Lipinski definition) is 0. The summed E-state index contributed by atoms with van der Waals surface area (Å²) in [6.45, 7) is 2.75. The fraction of sp³-hybridized carbons (Fsp3) is 0.333. The summed E-state index contributed by atoms with van der Waals surface area (Å²) in [6.07, 6.45) is 2.12. The molecule has 0 aromatic heterocycles. The topological polar surface area (TPSA) is 23.1 Å². The van der Waals surface area contributed by atoms with Gasteiger partial charge in [-0.05, 0) is 0 Å². The van der Waals surface area contributed by atoms with Crippen LogP contribution in [0.3, 0.4) is 0 Å².